The molecule has 7 rings (SSSR count). The Hall–Kier alpha value is -4.80. The Bertz CT molecular complexity index is 1770. The fraction of sp³-hybridized carbons (Fsp3) is 0.394. The van der Waals surface area contributed by atoms with Gasteiger partial charge >= 0.3 is 6.09 Å². The van der Waals surface area contributed by atoms with Crippen LogP contribution in [0, 0.1) is 6.92 Å². The lowest BCUT2D eigenvalue weighted by molar-refractivity contribution is 0.102. The first kappa shape index (κ1) is 28.0. The van der Waals surface area contributed by atoms with Crippen LogP contribution in [0.25, 0.3) is 10.8 Å². The molecule has 11 nitrogen and oxygen atoms in total. The Labute approximate surface area is 255 Å². The summed E-state index contributed by atoms with van der Waals surface area (Å²) in [6, 6.07) is 14.1. The van der Waals surface area contributed by atoms with Crippen molar-refractivity contribution in [3.8, 4) is 0 Å². The van der Waals surface area contributed by atoms with Crippen molar-refractivity contribution in [2.24, 2.45) is 0 Å². The number of rotatable bonds is 9. The van der Waals surface area contributed by atoms with Gasteiger partial charge in [0.05, 0.1) is 17.9 Å². The number of oxazole rings is 1. The number of hydrogen-bond donors (Lipinski definition) is 1. The molecule has 44 heavy (non-hydrogen) atoms. The van der Waals surface area contributed by atoms with Crippen LogP contribution in [0.3, 0.4) is 0 Å². The minimum absolute atomic E-state index is 0.143. The molecule has 4 aromatic rings. The van der Waals surface area contributed by atoms with E-state index in [1.165, 1.54) is 17.5 Å². The Kier molecular flexibility index (Phi) is 7.45. The number of carbonyl (C=O) groups is 2. The number of cyclic esters (lactones) is 1. The minimum Gasteiger partial charge on any atom is -0.448 e. The van der Waals surface area contributed by atoms with Gasteiger partial charge in [-0.1, -0.05) is 18.2 Å². The number of carbonyl (C=O) groups excluding carboxylic acids is 2. The molecule has 1 aliphatic carbocycles. The van der Waals surface area contributed by atoms with Crippen LogP contribution in [0.2, 0.25) is 0 Å². The zero-order valence-electron chi connectivity index (χ0n) is 24.8. The maximum atomic E-state index is 13.6. The fourth-order valence-electron chi connectivity index (χ4n) is 6.12. The van der Waals surface area contributed by atoms with Gasteiger partial charge in [-0.15, -0.1) is 0 Å². The number of amides is 2. The number of benzene rings is 2. The van der Waals surface area contributed by atoms with Gasteiger partial charge in [0.1, 0.15) is 12.9 Å². The molecule has 3 aliphatic rings. The molecule has 4 heterocycles. The second-order valence-electron chi connectivity index (χ2n) is 11.8. The lowest BCUT2D eigenvalue weighted by atomic mass is 10.1. The standard InChI is InChI=1S/C33H36N6O5/c1-22-5-2-3-6-28(22)36-13-15-37(16-14-36)29-19-24-9-12-38(10-4-11-39-17-18-43-33(39)42)32(41)25(24)20-26(29)34-30(40)27-21-44-31(35-27)23-7-8-23/h2-3,5-6,9,12,19-21,23H,4,7-8,10-11,13-18H2,1H3,(H,34,40). The number of aryl methyl sites for hydroxylation is 2. The third-order valence-corrected chi connectivity index (χ3v) is 8.77. The third-order valence-electron chi connectivity index (χ3n) is 8.77. The highest BCUT2D eigenvalue weighted by atomic mass is 16.6. The van der Waals surface area contributed by atoms with Crippen molar-refractivity contribution < 1.29 is 18.7 Å². The molecule has 11 heteroatoms. The van der Waals surface area contributed by atoms with Gasteiger partial charge in [0.25, 0.3) is 11.5 Å². The average Bonchev–Trinajstić information content (AvgIpc) is 3.62. The highest BCUT2D eigenvalue weighted by Gasteiger charge is 2.30. The van der Waals surface area contributed by atoms with Crippen LogP contribution in [0.15, 0.2) is 64.1 Å². The Morgan fingerprint density at radius 1 is 0.977 bits per heavy atom. The molecule has 228 valence electrons. The van der Waals surface area contributed by atoms with Gasteiger partial charge in [-0.05, 0) is 61.4 Å². The first-order valence-corrected chi connectivity index (χ1v) is 15.4. The van der Waals surface area contributed by atoms with E-state index < -0.39 is 0 Å². The molecular formula is C33H36N6O5. The molecule has 0 spiro atoms. The van der Waals surface area contributed by atoms with Crippen molar-refractivity contribution >= 4 is 39.8 Å². The third kappa shape index (κ3) is 5.61. The largest absolute Gasteiger partial charge is 0.448 e. The van der Waals surface area contributed by atoms with Gasteiger partial charge < -0.3 is 33.7 Å². The SMILES string of the molecule is Cc1ccccc1N1CCN(c2cc3ccn(CCCN4CCOC4=O)c(=O)c3cc2NC(=O)c2coc(C3CC3)n2)CC1. The summed E-state index contributed by atoms with van der Waals surface area (Å²) in [6.07, 6.45) is 5.59. The van der Waals surface area contributed by atoms with E-state index in [-0.39, 0.29) is 23.3 Å². The summed E-state index contributed by atoms with van der Waals surface area (Å²) in [7, 11) is 0. The van der Waals surface area contributed by atoms with Crippen molar-refractivity contribution in [1.29, 1.82) is 0 Å². The van der Waals surface area contributed by atoms with Gasteiger partial charge in [0.15, 0.2) is 11.6 Å². The molecule has 2 aliphatic heterocycles. The summed E-state index contributed by atoms with van der Waals surface area (Å²) in [4.78, 5) is 49.5. The van der Waals surface area contributed by atoms with Crippen LogP contribution in [0.4, 0.5) is 21.9 Å². The summed E-state index contributed by atoms with van der Waals surface area (Å²) in [5, 5.41) is 4.37. The van der Waals surface area contributed by atoms with Crippen molar-refractivity contribution in [3.05, 3.63) is 82.4 Å². The predicted octanol–water partition coefficient (Wildman–Crippen LogP) is 4.60. The number of nitrogens with one attached hydrogen (secondary N) is 1. The van der Waals surface area contributed by atoms with Gasteiger partial charge in [-0.25, -0.2) is 9.78 Å². The van der Waals surface area contributed by atoms with E-state index in [2.05, 4.69) is 51.3 Å². The highest BCUT2D eigenvalue weighted by Crippen LogP contribution is 2.39. The van der Waals surface area contributed by atoms with Crippen LogP contribution >= 0.6 is 0 Å². The second kappa shape index (κ2) is 11.7. The number of fused-ring (bicyclic) bond motifs is 1. The van der Waals surface area contributed by atoms with Gasteiger partial charge in [-0.2, -0.15) is 0 Å². The lowest BCUT2D eigenvalue weighted by Gasteiger charge is -2.38. The maximum Gasteiger partial charge on any atom is 0.409 e. The summed E-state index contributed by atoms with van der Waals surface area (Å²) in [6.45, 7) is 7.28. The predicted molar refractivity (Wildman–Crippen MR) is 168 cm³/mol. The smallest absolute Gasteiger partial charge is 0.409 e. The lowest BCUT2D eigenvalue weighted by Crippen LogP contribution is -2.47. The number of ether oxygens (including phenoxy) is 1. The first-order chi connectivity index (χ1) is 21.4. The molecule has 2 amide bonds. The zero-order chi connectivity index (χ0) is 30.2. The number of piperazine rings is 1. The molecule has 1 N–H and O–H groups in total. The first-order valence-electron chi connectivity index (χ1n) is 15.4. The van der Waals surface area contributed by atoms with E-state index in [9.17, 15) is 14.4 Å². The summed E-state index contributed by atoms with van der Waals surface area (Å²) in [5.41, 5.74) is 4.00. The zero-order valence-corrected chi connectivity index (χ0v) is 24.8. The van der Waals surface area contributed by atoms with Crippen LogP contribution in [-0.4, -0.2) is 72.3 Å². The number of para-hydroxylation sites is 1. The molecule has 0 unspecified atom stereocenters. The Morgan fingerprint density at radius 3 is 2.48 bits per heavy atom. The Morgan fingerprint density at radius 2 is 1.75 bits per heavy atom. The number of aromatic nitrogens is 2. The molecule has 0 atom stereocenters. The molecule has 2 saturated heterocycles. The van der Waals surface area contributed by atoms with E-state index in [1.54, 1.807) is 21.7 Å². The van der Waals surface area contributed by atoms with Crippen molar-refractivity contribution in [2.75, 3.05) is 61.0 Å². The highest BCUT2D eigenvalue weighted by molar-refractivity contribution is 6.06. The topological polar surface area (TPSA) is 113 Å². The van der Waals surface area contributed by atoms with Crippen LogP contribution < -0.4 is 20.7 Å². The molecule has 2 aromatic heterocycles. The van der Waals surface area contributed by atoms with Crippen molar-refractivity contribution in [1.82, 2.24) is 14.5 Å². The molecular weight excluding hydrogens is 560 g/mol. The second-order valence-corrected chi connectivity index (χ2v) is 11.8. The van der Waals surface area contributed by atoms with Gasteiger partial charge in [0.2, 0.25) is 0 Å². The fourth-order valence-corrected chi connectivity index (χ4v) is 6.12. The average molecular weight is 597 g/mol. The van der Waals surface area contributed by atoms with E-state index in [0.29, 0.717) is 55.5 Å². The van der Waals surface area contributed by atoms with E-state index >= 15 is 0 Å². The number of anilines is 3. The summed E-state index contributed by atoms with van der Waals surface area (Å²) in [5.74, 6) is 0.534. The molecule has 0 bridgehead atoms. The minimum atomic E-state index is -0.367. The summed E-state index contributed by atoms with van der Waals surface area (Å²) >= 11 is 0. The number of hydrogen-bond acceptors (Lipinski definition) is 8. The van der Waals surface area contributed by atoms with Crippen LogP contribution in [-0.2, 0) is 11.3 Å². The quantitative estimate of drug-likeness (QED) is 0.299. The maximum absolute atomic E-state index is 13.6. The van der Waals surface area contributed by atoms with E-state index in [4.69, 9.17) is 9.15 Å². The molecule has 1 saturated carbocycles. The number of pyridine rings is 1. The Balaban J connectivity index is 1.16. The molecule has 0 radical (unpaired) electrons. The molecule has 2 aromatic carbocycles. The number of nitrogens with zero attached hydrogens (tertiary/aromatic N) is 5. The monoisotopic (exact) mass is 596 g/mol. The van der Waals surface area contributed by atoms with Gasteiger partial charge in [-0.3, -0.25) is 9.59 Å². The normalized spacial score (nSPS) is 16.9. The van der Waals surface area contributed by atoms with E-state index in [0.717, 1.165) is 50.1 Å². The molecule has 3 fully saturated rings. The van der Waals surface area contributed by atoms with Gasteiger partial charge in [0, 0.05) is 62.5 Å². The van der Waals surface area contributed by atoms with Crippen molar-refractivity contribution in [3.63, 3.8) is 0 Å². The van der Waals surface area contributed by atoms with Crippen molar-refractivity contribution in [2.45, 2.75) is 38.6 Å². The van der Waals surface area contributed by atoms with E-state index in [1.807, 2.05) is 12.1 Å². The van der Waals surface area contributed by atoms with Crippen LogP contribution in [0.1, 0.15) is 47.1 Å². The van der Waals surface area contributed by atoms with Crippen LogP contribution in [0.5, 0.6) is 0 Å². The summed E-state index contributed by atoms with van der Waals surface area (Å²) < 4.78 is 12.2.